The molecular formula is C23H29N3O3S. The molecule has 2 heterocycles. The van der Waals surface area contributed by atoms with Crippen molar-refractivity contribution in [1.29, 1.82) is 0 Å². The molecule has 0 bridgehead atoms. The summed E-state index contributed by atoms with van der Waals surface area (Å²) in [6.07, 6.45) is 5.62. The summed E-state index contributed by atoms with van der Waals surface area (Å²) < 4.78 is 0. The van der Waals surface area contributed by atoms with Crippen LogP contribution in [0.25, 0.3) is 10.2 Å². The molecule has 0 saturated heterocycles. The summed E-state index contributed by atoms with van der Waals surface area (Å²) in [7, 11) is 0. The van der Waals surface area contributed by atoms with Gasteiger partial charge in [-0.25, -0.2) is 14.8 Å². The fraction of sp³-hybridized carbons (Fsp3) is 0.435. The minimum atomic E-state index is -1.83. The van der Waals surface area contributed by atoms with Gasteiger partial charge < -0.3 is 15.5 Å². The molecule has 0 spiro atoms. The highest BCUT2D eigenvalue weighted by molar-refractivity contribution is 7.18. The van der Waals surface area contributed by atoms with Gasteiger partial charge in [0.15, 0.2) is 0 Å². The molecule has 30 heavy (non-hydrogen) atoms. The van der Waals surface area contributed by atoms with Gasteiger partial charge in [-0.1, -0.05) is 49.6 Å². The average molecular weight is 428 g/mol. The van der Waals surface area contributed by atoms with Crippen LogP contribution in [0.15, 0.2) is 30.3 Å². The second kappa shape index (κ2) is 10.4. The highest BCUT2D eigenvalue weighted by atomic mass is 32.1. The Balaban J connectivity index is 0.000000589. The predicted octanol–water partition coefficient (Wildman–Crippen LogP) is 6.23. The Bertz CT molecular complexity index is 978. The van der Waals surface area contributed by atoms with Crippen molar-refractivity contribution in [3.63, 3.8) is 0 Å². The molecule has 3 aromatic rings. The second-order valence-electron chi connectivity index (χ2n) is 7.67. The van der Waals surface area contributed by atoms with Crippen LogP contribution in [0.5, 0.6) is 0 Å². The highest BCUT2D eigenvalue weighted by Gasteiger charge is 2.21. The fourth-order valence-electron chi connectivity index (χ4n) is 3.91. The third kappa shape index (κ3) is 5.69. The Hall–Kier alpha value is -2.67. The van der Waals surface area contributed by atoms with Crippen LogP contribution in [-0.4, -0.2) is 32.9 Å². The van der Waals surface area contributed by atoms with Crippen molar-refractivity contribution in [3.05, 3.63) is 52.2 Å². The second-order valence-corrected chi connectivity index (χ2v) is 8.88. The maximum Gasteiger partial charge on any atom is 0.503 e. The molecule has 1 aliphatic rings. The maximum atomic E-state index is 8.56. The molecule has 6 nitrogen and oxygen atoms in total. The number of aryl methyl sites for hydroxylation is 2. The van der Waals surface area contributed by atoms with Crippen LogP contribution in [0.2, 0.25) is 0 Å². The first kappa shape index (κ1) is 22.0. The standard InChI is InChI=1S/C22H27N3S.CH2O3/c1-15-16(2)26-22-19(15)21(23-14-13-17-9-5-3-6-10-17)24-20(25-22)18-11-7-4-8-12-18;2-1(3)4/h3,5-6,9-10,18H,4,7-8,11-14H2,1-2H3,(H,23,24,25);(H2,2,3,4). The Labute approximate surface area is 181 Å². The molecule has 1 saturated carbocycles. The molecule has 2 aromatic heterocycles. The summed E-state index contributed by atoms with van der Waals surface area (Å²) >= 11 is 1.81. The van der Waals surface area contributed by atoms with Gasteiger partial charge in [0.2, 0.25) is 0 Å². The van der Waals surface area contributed by atoms with Crippen molar-refractivity contribution in [2.45, 2.75) is 58.3 Å². The van der Waals surface area contributed by atoms with Crippen LogP contribution in [0.1, 0.15) is 59.9 Å². The van der Waals surface area contributed by atoms with Crippen LogP contribution in [0, 0.1) is 13.8 Å². The lowest BCUT2D eigenvalue weighted by molar-refractivity contribution is 0.137. The van der Waals surface area contributed by atoms with E-state index < -0.39 is 6.16 Å². The van der Waals surface area contributed by atoms with Gasteiger partial charge >= 0.3 is 6.16 Å². The van der Waals surface area contributed by atoms with E-state index in [4.69, 9.17) is 25.0 Å². The number of anilines is 1. The predicted molar refractivity (Wildman–Crippen MR) is 122 cm³/mol. The van der Waals surface area contributed by atoms with Crippen LogP contribution < -0.4 is 5.32 Å². The van der Waals surface area contributed by atoms with Gasteiger partial charge in [-0.3, -0.25) is 0 Å². The number of benzene rings is 1. The summed E-state index contributed by atoms with van der Waals surface area (Å²) in [4.78, 5) is 21.0. The van der Waals surface area contributed by atoms with E-state index in [0.717, 1.165) is 29.4 Å². The topological polar surface area (TPSA) is 95.3 Å². The van der Waals surface area contributed by atoms with E-state index in [9.17, 15) is 0 Å². The molecule has 0 radical (unpaired) electrons. The van der Waals surface area contributed by atoms with E-state index in [0.29, 0.717) is 5.92 Å². The number of carbonyl (C=O) groups is 1. The fourth-order valence-corrected chi connectivity index (χ4v) is 4.94. The van der Waals surface area contributed by atoms with E-state index in [1.54, 1.807) is 0 Å². The van der Waals surface area contributed by atoms with E-state index in [1.807, 2.05) is 11.3 Å². The number of nitrogens with one attached hydrogen (secondary N) is 1. The number of hydrogen-bond donors (Lipinski definition) is 3. The molecular weight excluding hydrogens is 398 g/mol. The Kier molecular flexibility index (Phi) is 7.63. The minimum absolute atomic E-state index is 0.533. The number of rotatable bonds is 5. The quantitative estimate of drug-likeness (QED) is 0.446. The van der Waals surface area contributed by atoms with Crippen LogP contribution >= 0.6 is 11.3 Å². The zero-order valence-electron chi connectivity index (χ0n) is 17.5. The lowest BCUT2D eigenvalue weighted by Crippen LogP contribution is -2.12. The van der Waals surface area contributed by atoms with Crippen LogP contribution in [-0.2, 0) is 6.42 Å². The summed E-state index contributed by atoms with van der Waals surface area (Å²) in [5.74, 6) is 2.62. The van der Waals surface area contributed by atoms with Crippen molar-refractivity contribution in [2.75, 3.05) is 11.9 Å². The highest BCUT2D eigenvalue weighted by Crippen LogP contribution is 2.37. The van der Waals surface area contributed by atoms with Crippen molar-refractivity contribution >= 4 is 33.5 Å². The van der Waals surface area contributed by atoms with E-state index in [2.05, 4.69) is 49.5 Å². The largest absolute Gasteiger partial charge is 0.503 e. The van der Waals surface area contributed by atoms with Crippen LogP contribution in [0.3, 0.4) is 0 Å². The van der Waals surface area contributed by atoms with Gasteiger partial charge in [-0.15, -0.1) is 11.3 Å². The molecule has 4 rings (SSSR count). The molecule has 0 amide bonds. The molecule has 0 unspecified atom stereocenters. The normalized spacial score (nSPS) is 14.2. The van der Waals surface area contributed by atoms with Gasteiger partial charge in [0.05, 0.1) is 5.39 Å². The maximum absolute atomic E-state index is 8.56. The van der Waals surface area contributed by atoms with Gasteiger partial charge in [-0.05, 0) is 44.2 Å². The molecule has 1 aliphatic carbocycles. The molecule has 3 N–H and O–H groups in total. The van der Waals surface area contributed by atoms with Crippen molar-refractivity contribution in [2.24, 2.45) is 0 Å². The van der Waals surface area contributed by atoms with Crippen molar-refractivity contribution in [1.82, 2.24) is 9.97 Å². The van der Waals surface area contributed by atoms with E-state index >= 15 is 0 Å². The van der Waals surface area contributed by atoms with E-state index in [1.165, 1.54) is 53.5 Å². The van der Waals surface area contributed by atoms with Gasteiger partial charge in [-0.2, -0.15) is 0 Å². The first-order chi connectivity index (χ1) is 14.5. The summed E-state index contributed by atoms with van der Waals surface area (Å²) in [5.41, 5.74) is 2.68. The summed E-state index contributed by atoms with van der Waals surface area (Å²) in [6, 6.07) is 10.6. The van der Waals surface area contributed by atoms with Gasteiger partial charge in [0.1, 0.15) is 16.5 Å². The molecule has 0 atom stereocenters. The number of aromatic nitrogens is 2. The monoisotopic (exact) mass is 427 g/mol. The number of hydrogen-bond acceptors (Lipinski definition) is 5. The van der Waals surface area contributed by atoms with E-state index in [-0.39, 0.29) is 0 Å². The van der Waals surface area contributed by atoms with Gasteiger partial charge in [0.25, 0.3) is 0 Å². The van der Waals surface area contributed by atoms with Crippen molar-refractivity contribution in [3.8, 4) is 0 Å². The Morgan fingerprint density at radius 2 is 1.77 bits per heavy atom. The molecule has 0 aliphatic heterocycles. The third-order valence-corrected chi connectivity index (χ3v) is 6.67. The molecule has 1 fully saturated rings. The first-order valence-electron chi connectivity index (χ1n) is 10.4. The van der Waals surface area contributed by atoms with Crippen molar-refractivity contribution < 1.29 is 15.0 Å². The Morgan fingerprint density at radius 1 is 1.10 bits per heavy atom. The number of carboxylic acid groups (broad SMARTS) is 2. The lowest BCUT2D eigenvalue weighted by Gasteiger charge is -2.21. The molecule has 160 valence electrons. The first-order valence-corrected chi connectivity index (χ1v) is 11.2. The number of fused-ring (bicyclic) bond motifs is 1. The lowest BCUT2D eigenvalue weighted by atomic mass is 9.88. The zero-order chi connectivity index (χ0) is 21.5. The summed E-state index contributed by atoms with van der Waals surface area (Å²) in [5, 5.41) is 18.8. The van der Waals surface area contributed by atoms with Crippen LogP contribution in [0.4, 0.5) is 10.6 Å². The SMILES string of the molecule is Cc1sc2nc(C3CCCCC3)nc(NCCc3ccccc3)c2c1C.O=C(O)O. The summed E-state index contributed by atoms with van der Waals surface area (Å²) in [6.45, 7) is 5.28. The Morgan fingerprint density at radius 3 is 2.43 bits per heavy atom. The zero-order valence-corrected chi connectivity index (χ0v) is 18.3. The molecule has 1 aromatic carbocycles. The number of nitrogens with zero attached hydrogens (tertiary/aromatic N) is 2. The molecule has 7 heteroatoms. The average Bonchev–Trinajstić information content (AvgIpc) is 3.03. The minimum Gasteiger partial charge on any atom is -0.450 e. The smallest absolute Gasteiger partial charge is 0.450 e. The van der Waals surface area contributed by atoms with Gasteiger partial charge in [0, 0.05) is 17.3 Å². The number of thiophene rings is 1. The third-order valence-electron chi connectivity index (χ3n) is 5.57.